The molecule has 0 radical (unpaired) electrons. The predicted octanol–water partition coefficient (Wildman–Crippen LogP) is 4.66. The number of nitrogens with one attached hydrogen (secondary N) is 1. The average Bonchev–Trinajstić information content (AvgIpc) is 2.68. The van der Waals surface area contributed by atoms with E-state index in [1.807, 2.05) is 12.1 Å². The Morgan fingerprint density at radius 1 is 0.968 bits per heavy atom. The van der Waals surface area contributed by atoms with Gasteiger partial charge in [-0.15, -0.1) is 0 Å². The van der Waals surface area contributed by atoms with Crippen molar-refractivity contribution < 1.29 is 19.2 Å². The van der Waals surface area contributed by atoms with E-state index in [0.717, 1.165) is 11.1 Å². The smallest absolute Gasteiger partial charge is 0.325 e. The van der Waals surface area contributed by atoms with Crippen molar-refractivity contribution in [1.82, 2.24) is 5.32 Å². The molecule has 2 rings (SSSR count). The second kappa shape index (κ2) is 9.29. The van der Waals surface area contributed by atoms with Gasteiger partial charge in [0.15, 0.2) is 0 Å². The standard InChI is InChI=1S/C24H30N2O5/c1-23(2,3)18-11-17(12-19(13-18)24(4,5)6)22(28)25-14-21(27)31-15-16-9-7-8-10-20(16)26(29)30/h7-13H,14-15H2,1-6H3,(H,25,28). The molecular formula is C24H30N2O5. The van der Waals surface area contributed by atoms with Gasteiger partial charge in [0, 0.05) is 11.6 Å². The number of hydrogen-bond donors (Lipinski definition) is 1. The molecule has 0 saturated heterocycles. The Morgan fingerprint density at radius 2 is 1.52 bits per heavy atom. The van der Waals surface area contributed by atoms with E-state index in [1.165, 1.54) is 12.1 Å². The first-order valence-corrected chi connectivity index (χ1v) is 10.1. The Kier molecular flexibility index (Phi) is 7.21. The van der Waals surface area contributed by atoms with Gasteiger partial charge >= 0.3 is 5.97 Å². The first kappa shape index (κ1) is 24.1. The molecule has 1 amide bonds. The number of nitro benzene ring substituents is 1. The monoisotopic (exact) mass is 426 g/mol. The van der Waals surface area contributed by atoms with E-state index in [9.17, 15) is 19.7 Å². The third-order valence-corrected chi connectivity index (χ3v) is 4.90. The fraction of sp³-hybridized carbons (Fsp3) is 0.417. The van der Waals surface area contributed by atoms with Crippen molar-refractivity contribution in [3.8, 4) is 0 Å². The van der Waals surface area contributed by atoms with E-state index >= 15 is 0 Å². The van der Waals surface area contributed by atoms with Crippen LogP contribution >= 0.6 is 0 Å². The zero-order chi connectivity index (χ0) is 23.4. The number of para-hydroxylation sites is 1. The lowest BCUT2D eigenvalue weighted by atomic mass is 9.79. The van der Waals surface area contributed by atoms with Crippen LogP contribution in [-0.2, 0) is 27.0 Å². The van der Waals surface area contributed by atoms with Gasteiger partial charge < -0.3 is 10.1 Å². The van der Waals surface area contributed by atoms with Crippen molar-refractivity contribution in [2.24, 2.45) is 0 Å². The number of nitro groups is 1. The van der Waals surface area contributed by atoms with Crippen LogP contribution in [0.25, 0.3) is 0 Å². The molecule has 31 heavy (non-hydrogen) atoms. The third-order valence-electron chi connectivity index (χ3n) is 4.90. The normalized spacial score (nSPS) is 11.7. The molecule has 7 heteroatoms. The molecular weight excluding hydrogens is 396 g/mol. The Balaban J connectivity index is 2.07. The number of benzene rings is 2. The summed E-state index contributed by atoms with van der Waals surface area (Å²) in [7, 11) is 0. The summed E-state index contributed by atoms with van der Waals surface area (Å²) >= 11 is 0. The van der Waals surface area contributed by atoms with Gasteiger partial charge in [-0.1, -0.05) is 59.7 Å². The van der Waals surface area contributed by atoms with Gasteiger partial charge in [-0.25, -0.2) is 0 Å². The molecule has 1 N–H and O–H groups in total. The number of hydrogen-bond acceptors (Lipinski definition) is 5. The number of rotatable bonds is 6. The van der Waals surface area contributed by atoms with E-state index in [0.29, 0.717) is 11.1 Å². The summed E-state index contributed by atoms with van der Waals surface area (Å²) in [6.45, 7) is 11.9. The van der Waals surface area contributed by atoms with E-state index in [4.69, 9.17) is 4.74 Å². The van der Waals surface area contributed by atoms with Gasteiger partial charge in [0.1, 0.15) is 13.2 Å². The molecule has 0 aliphatic carbocycles. The fourth-order valence-electron chi connectivity index (χ4n) is 2.90. The van der Waals surface area contributed by atoms with Gasteiger partial charge in [0.2, 0.25) is 0 Å². The van der Waals surface area contributed by atoms with Crippen LogP contribution in [0.15, 0.2) is 42.5 Å². The summed E-state index contributed by atoms with van der Waals surface area (Å²) in [4.78, 5) is 35.3. The molecule has 0 saturated carbocycles. The highest BCUT2D eigenvalue weighted by Crippen LogP contribution is 2.30. The minimum atomic E-state index is -0.672. The van der Waals surface area contributed by atoms with Crippen LogP contribution in [0.2, 0.25) is 0 Å². The largest absolute Gasteiger partial charge is 0.459 e. The molecule has 0 unspecified atom stereocenters. The Bertz CT molecular complexity index is 952. The summed E-state index contributed by atoms with van der Waals surface area (Å²) in [5.41, 5.74) is 2.43. The van der Waals surface area contributed by atoms with Crippen LogP contribution in [0.5, 0.6) is 0 Å². The predicted molar refractivity (Wildman–Crippen MR) is 119 cm³/mol. The Hall–Kier alpha value is -3.22. The van der Waals surface area contributed by atoms with Crippen molar-refractivity contribution in [3.63, 3.8) is 0 Å². The summed E-state index contributed by atoms with van der Waals surface area (Å²) in [6, 6.07) is 11.8. The summed E-state index contributed by atoms with van der Waals surface area (Å²) in [5.74, 6) is -1.05. The zero-order valence-electron chi connectivity index (χ0n) is 18.9. The number of carbonyl (C=O) groups excluding carboxylic acids is 2. The molecule has 0 fully saturated rings. The molecule has 2 aromatic carbocycles. The highest BCUT2D eigenvalue weighted by Gasteiger charge is 2.22. The number of ether oxygens (including phenoxy) is 1. The molecule has 0 spiro atoms. The van der Waals surface area contributed by atoms with Crippen molar-refractivity contribution in [2.45, 2.75) is 59.0 Å². The van der Waals surface area contributed by atoms with E-state index in [-0.39, 0.29) is 35.6 Å². The number of carbonyl (C=O) groups is 2. The molecule has 2 aromatic rings. The maximum absolute atomic E-state index is 12.7. The van der Waals surface area contributed by atoms with Crippen LogP contribution < -0.4 is 5.32 Å². The topological polar surface area (TPSA) is 98.5 Å². The van der Waals surface area contributed by atoms with Gasteiger partial charge in [0.25, 0.3) is 11.6 Å². The number of esters is 1. The van der Waals surface area contributed by atoms with Crippen molar-refractivity contribution in [1.29, 1.82) is 0 Å². The highest BCUT2D eigenvalue weighted by molar-refractivity contribution is 5.96. The van der Waals surface area contributed by atoms with Crippen LogP contribution in [0.4, 0.5) is 5.69 Å². The molecule has 166 valence electrons. The van der Waals surface area contributed by atoms with Crippen molar-refractivity contribution >= 4 is 17.6 Å². The van der Waals surface area contributed by atoms with E-state index < -0.39 is 10.9 Å². The van der Waals surface area contributed by atoms with Crippen LogP contribution in [0.3, 0.4) is 0 Å². The lowest BCUT2D eigenvalue weighted by molar-refractivity contribution is -0.385. The van der Waals surface area contributed by atoms with E-state index in [2.05, 4.69) is 52.9 Å². The molecule has 0 bridgehead atoms. The van der Waals surface area contributed by atoms with Crippen molar-refractivity contribution in [2.75, 3.05) is 6.54 Å². The third kappa shape index (κ3) is 6.64. The molecule has 0 aliphatic rings. The maximum atomic E-state index is 12.7. The highest BCUT2D eigenvalue weighted by atomic mass is 16.6. The lowest BCUT2D eigenvalue weighted by Crippen LogP contribution is -2.31. The van der Waals surface area contributed by atoms with Crippen molar-refractivity contribution in [3.05, 3.63) is 74.8 Å². The summed E-state index contributed by atoms with van der Waals surface area (Å²) < 4.78 is 5.10. The van der Waals surface area contributed by atoms with Crippen LogP contribution in [0.1, 0.15) is 68.6 Å². The molecule has 0 aliphatic heterocycles. The quantitative estimate of drug-likeness (QED) is 0.411. The van der Waals surface area contributed by atoms with Gasteiger partial charge in [-0.3, -0.25) is 19.7 Å². The lowest BCUT2D eigenvalue weighted by Gasteiger charge is -2.26. The first-order valence-electron chi connectivity index (χ1n) is 10.1. The average molecular weight is 427 g/mol. The van der Waals surface area contributed by atoms with Gasteiger partial charge in [0.05, 0.1) is 10.5 Å². The molecule has 7 nitrogen and oxygen atoms in total. The summed E-state index contributed by atoms with van der Waals surface area (Å²) in [5, 5.41) is 13.6. The second-order valence-corrected chi connectivity index (χ2v) is 9.53. The maximum Gasteiger partial charge on any atom is 0.325 e. The minimum absolute atomic E-state index is 0.118. The second-order valence-electron chi connectivity index (χ2n) is 9.53. The molecule has 0 atom stereocenters. The van der Waals surface area contributed by atoms with E-state index in [1.54, 1.807) is 12.1 Å². The minimum Gasteiger partial charge on any atom is -0.459 e. The molecule has 0 heterocycles. The van der Waals surface area contributed by atoms with Gasteiger partial charge in [-0.2, -0.15) is 0 Å². The number of nitrogens with zero attached hydrogens (tertiary/aromatic N) is 1. The zero-order valence-corrected chi connectivity index (χ0v) is 18.9. The Labute approximate surface area is 183 Å². The molecule has 0 aromatic heterocycles. The fourth-order valence-corrected chi connectivity index (χ4v) is 2.90. The van der Waals surface area contributed by atoms with Crippen LogP contribution in [-0.4, -0.2) is 23.3 Å². The first-order chi connectivity index (χ1) is 14.3. The summed E-state index contributed by atoms with van der Waals surface area (Å²) in [6.07, 6.45) is 0. The number of amides is 1. The Morgan fingerprint density at radius 3 is 2.03 bits per heavy atom. The van der Waals surface area contributed by atoms with Crippen LogP contribution in [0, 0.1) is 10.1 Å². The van der Waals surface area contributed by atoms with Gasteiger partial charge in [-0.05, 0) is 40.2 Å². The SMILES string of the molecule is CC(C)(C)c1cc(C(=O)NCC(=O)OCc2ccccc2[N+](=O)[O-])cc(C(C)(C)C)c1.